The number of hydrogen-bond donors (Lipinski definition) is 2. The number of ether oxygens (including phenoxy) is 2. The number of benzene rings is 3. The highest BCUT2D eigenvalue weighted by atomic mass is 79.9. The van der Waals surface area contributed by atoms with Gasteiger partial charge in [0.1, 0.15) is 17.5 Å². The Bertz CT molecular complexity index is 1270. The molecule has 2 N–H and O–H groups in total. The number of carbonyl (C=O) groups excluding carboxylic acids is 2. The van der Waals surface area contributed by atoms with Crippen LogP contribution in [0.15, 0.2) is 76.8 Å². The van der Waals surface area contributed by atoms with Crippen molar-refractivity contribution in [3.05, 3.63) is 93.7 Å². The fourth-order valence-electron chi connectivity index (χ4n) is 3.02. The van der Waals surface area contributed by atoms with E-state index in [0.717, 1.165) is 5.56 Å². The van der Waals surface area contributed by atoms with E-state index in [4.69, 9.17) is 9.47 Å². The molecule has 0 radical (unpaired) electrons. The van der Waals surface area contributed by atoms with Gasteiger partial charge >= 0.3 is 0 Å². The van der Waals surface area contributed by atoms with Crippen LogP contribution < -0.4 is 20.1 Å². The Morgan fingerprint density at radius 3 is 2.49 bits per heavy atom. The minimum atomic E-state index is -0.510. The van der Waals surface area contributed by atoms with Gasteiger partial charge in [-0.05, 0) is 69.5 Å². The van der Waals surface area contributed by atoms with Crippen molar-refractivity contribution in [3.8, 4) is 17.6 Å². The fraction of sp³-hybridized carbons (Fsp3) is 0.115. The predicted molar refractivity (Wildman–Crippen MR) is 133 cm³/mol. The number of methoxy groups -OCH3 is 1. The second-order valence-corrected chi connectivity index (χ2v) is 8.07. The molecule has 0 fully saturated rings. The Kier molecular flexibility index (Phi) is 8.98. The molecule has 3 aromatic rings. The van der Waals surface area contributed by atoms with Gasteiger partial charge in [0.15, 0.2) is 18.1 Å². The summed E-state index contributed by atoms with van der Waals surface area (Å²) >= 11 is 3.38. The first-order chi connectivity index (χ1) is 16.9. The molecule has 178 valence electrons. The molecule has 0 aliphatic rings. The molecule has 7 nitrogen and oxygen atoms in total. The first kappa shape index (κ1) is 25.5. The third-order valence-corrected chi connectivity index (χ3v) is 5.29. The molecule has 3 aromatic carbocycles. The van der Waals surface area contributed by atoms with E-state index in [1.165, 1.54) is 37.5 Å². The highest BCUT2D eigenvalue weighted by molar-refractivity contribution is 9.10. The zero-order valence-corrected chi connectivity index (χ0v) is 20.3. The average Bonchev–Trinajstić information content (AvgIpc) is 2.86. The number of halogens is 2. The smallest absolute Gasteiger partial charge is 0.262 e. The van der Waals surface area contributed by atoms with Gasteiger partial charge in [-0.3, -0.25) is 9.59 Å². The van der Waals surface area contributed by atoms with Crippen LogP contribution in [0.1, 0.15) is 11.1 Å². The van der Waals surface area contributed by atoms with E-state index in [0.29, 0.717) is 28.0 Å². The van der Waals surface area contributed by atoms with Crippen molar-refractivity contribution in [3.63, 3.8) is 0 Å². The van der Waals surface area contributed by atoms with Crippen LogP contribution in [0.5, 0.6) is 11.5 Å². The molecule has 0 aliphatic carbocycles. The first-order valence-corrected chi connectivity index (χ1v) is 11.2. The van der Waals surface area contributed by atoms with Gasteiger partial charge in [0.05, 0.1) is 11.6 Å². The second kappa shape index (κ2) is 12.3. The van der Waals surface area contributed by atoms with Crippen molar-refractivity contribution >= 4 is 39.5 Å². The fourth-order valence-corrected chi connectivity index (χ4v) is 3.59. The number of anilines is 1. The van der Waals surface area contributed by atoms with Crippen molar-refractivity contribution in [2.45, 2.75) is 6.54 Å². The van der Waals surface area contributed by atoms with Gasteiger partial charge in [0.2, 0.25) is 0 Å². The summed E-state index contributed by atoms with van der Waals surface area (Å²) in [6.45, 7) is -0.0364. The Balaban J connectivity index is 1.68. The first-order valence-electron chi connectivity index (χ1n) is 10.4. The van der Waals surface area contributed by atoms with Gasteiger partial charge in [-0.1, -0.05) is 30.3 Å². The lowest BCUT2D eigenvalue weighted by Gasteiger charge is -2.14. The van der Waals surface area contributed by atoms with Crippen LogP contribution in [0, 0.1) is 17.1 Å². The standard InChI is InChI=1S/C26H21BrFN3O4/c1-34-23-13-18(11-19(14-29)26(33)30-15-17-5-3-2-4-6-17)12-22(27)25(23)35-16-24(32)31-21-9-7-20(28)8-10-21/h2-13H,15-16H2,1H3,(H,30,33)(H,31,32)/b19-11+. The van der Waals surface area contributed by atoms with Crippen LogP contribution in [0.4, 0.5) is 10.1 Å². The third kappa shape index (κ3) is 7.42. The molecule has 35 heavy (non-hydrogen) atoms. The summed E-state index contributed by atoms with van der Waals surface area (Å²) in [7, 11) is 1.43. The number of rotatable bonds is 9. The molecular weight excluding hydrogens is 517 g/mol. The molecular formula is C26H21BrFN3O4. The van der Waals surface area contributed by atoms with Crippen LogP contribution >= 0.6 is 15.9 Å². The zero-order chi connectivity index (χ0) is 25.2. The van der Waals surface area contributed by atoms with Gasteiger partial charge in [-0.25, -0.2) is 4.39 Å². The summed E-state index contributed by atoms with van der Waals surface area (Å²) in [5, 5.41) is 14.8. The molecule has 0 aromatic heterocycles. The van der Waals surface area contributed by atoms with Crippen molar-refractivity contribution in [2.24, 2.45) is 0 Å². The summed E-state index contributed by atoms with van der Waals surface area (Å²) in [6, 6.07) is 19.8. The lowest BCUT2D eigenvalue weighted by molar-refractivity contribution is -0.118. The normalized spacial score (nSPS) is 10.7. The number of nitriles is 1. The quantitative estimate of drug-likeness (QED) is 0.300. The molecule has 0 bridgehead atoms. The maximum Gasteiger partial charge on any atom is 0.262 e. The Hall–Kier alpha value is -4.16. The van der Waals surface area contributed by atoms with E-state index in [2.05, 4.69) is 26.6 Å². The predicted octanol–water partition coefficient (Wildman–Crippen LogP) is 4.84. The monoisotopic (exact) mass is 537 g/mol. The molecule has 0 spiro atoms. The van der Waals surface area contributed by atoms with Crippen LogP contribution in [-0.2, 0) is 16.1 Å². The van der Waals surface area contributed by atoms with E-state index in [-0.39, 0.29) is 17.9 Å². The van der Waals surface area contributed by atoms with Crippen LogP contribution in [0.25, 0.3) is 6.08 Å². The van der Waals surface area contributed by atoms with E-state index in [1.54, 1.807) is 12.1 Å². The van der Waals surface area contributed by atoms with E-state index < -0.39 is 17.6 Å². The lowest BCUT2D eigenvalue weighted by atomic mass is 10.1. The minimum Gasteiger partial charge on any atom is -0.493 e. The second-order valence-electron chi connectivity index (χ2n) is 7.22. The van der Waals surface area contributed by atoms with Gasteiger partial charge in [0, 0.05) is 12.2 Å². The highest BCUT2D eigenvalue weighted by Gasteiger charge is 2.15. The molecule has 0 atom stereocenters. The van der Waals surface area contributed by atoms with Crippen LogP contribution in [0.2, 0.25) is 0 Å². The molecule has 0 unspecified atom stereocenters. The van der Waals surface area contributed by atoms with Crippen molar-refractivity contribution < 1.29 is 23.5 Å². The number of nitrogens with one attached hydrogen (secondary N) is 2. The molecule has 2 amide bonds. The lowest BCUT2D eigenvalue weighted by Crippen LogP contribution is -2.23. The highest BCUT2D eigenvalue weighted by Crippen LogP contribution is 2.37. The maximum atomic E-state index is 13.0. The Morgan fingerprint density at radius 1 is 1.11 bits per heavy atom. The minimum absolute atomic E-state index is 0.0813. The van der Waals surface area contributed by atoms with E-state index in [1.807, 2.05) is 36.4 Å². The molecule has 9 heteroatoms. The maximum absolute atomic E-state index is 13.0. The zero-order valence-electron chi connectivity index (χ0n) is 18.7. The van der Waals surface area contributed by atoms with E-state index >= 15 is 0 Å². The summed E-state index contributed by atoms with van der Waals surface area (Å²) in [4.78, 5) is 24.7. The van der Waals surface area contributed by atoms with Crippen molar-refractivity contribution in [2.75, 3.05) is 19.0 Å². The van der Waals surface area contributed by atoms with Gasteiger partial charge < -0.3 is 20.1 Å². The Labute approximate surface area is 210 Å². The van der Waals surface area contributed by atoms with E-state index in [9.17, 15) is 19.2 Å². The number of nitrogens with zero attached hydrogens (tertiary/aromatic N) is 1. The summed E-state index contributed by atoms with van der Waals surface area (Å²) in [6.07, 6.45) is 1.43. The Morgan fingerprint density at radius 2 is 1.83 bits per heavy atom. The SMILES string of the molecule is COc1cc(/C=C(\C#N)C(=O)NCc2ccccc2)cc(Br)c1OCC(=O)Nc1ccc(F)cc1. The molecule has 0 aliphatic heterocycles. The van der Waals surface area contributed by atoms with Crippen LogP contribution in [0.3, 0.4) is 0 Å². The molecule has 0 saturated carbocycles. The third-order valence-electron chi connectivity index (χ3n) is 4.70. The van der Waals surface area contributed by atoms with Gasteiger partial charge in [0.25, 0.3) is 11.8 Å². The van der Waals surface area contributed by atoms with Gasteiger partial charge in [-0.2, -0.15) is 5.26 Å². The number of hydrogen-bond acceptors (Lipinski definition) is 5. The average molecular weight is 538 g/mol. The molecule has 0 heterocycles. The summed E-state index contributed by atoms with van der Waals surface area (Å²) < 4.78 is 24.5. The van der Waals surface area contributed by atoms with Crippen LogP contribution in [-0.4, -0.2) is 25.5 Å². The number of amides is 2. The molecule has 3 rings (SSSR count). The van der Waals surface area contributed by atoms with Gasteiger partial charge in [-0.15, -0.1) is 0 Å². The van der Waals surface area contributed by atoms with Crippen molar-refractivity contribution in [1.29, 1.82) is 5.26 Å². The number of carbonyl (C=O) groups is 2. The largest absolute Gasteiger partial charge is 0.493 e. The molecule has 0 saturated heterocycles. The topological polar surface area (TPSA) is 100 Å². The summed E-state index contributed by atoms with van der Waals surface area (Å²) in [5.74, 6) is -0.802. The summed E-state index contributed by atoms with van der Waals surface area (Å²) in [5.41, 5.74) is 1.78. The van der Waals surface area contributed by atoms with Crippen molar-refractivity contribution in [1.82, 2.24) is 5.32 Å².